The Morgan fingerprint density at radius 2 is 2.20 bits per heavy atom. The number of H-pyrrole nitrogens is 2. The van der Waals surface area contributed by atoms with Crippen LogP contribution in [0.25, 0.3) is 0 Å². The molecule has 7 nitrogen and oxygen atoms in total. The van der Waals surface area contributed by atoms with Crippen LogP contribution >= 0.6 is 0 Å². The summed E-state index contributed by atoms with van der Waals surface area (Å²) in [7, 11) is 0. The van der Waals surface area contributed by atoms with E-state index in [1.54, 1.807) is 0 Å². The van der Waals surface area contributed by atoms with Gasteiger partial charge in [-0.3, -0.25) is 9.78 Å². The van der Waals surface area contributed by atoms with Crippen molar-refractivity contribution in [2.75, 3.05) is 5.43 Å². The highest BCUT2D eigenvalue weighted by molar-refractivity contribution is 5.25. The zero-order valence-corrected chi connectivity index (χ0v) is 4.84. The zero-order chi connectivity index (χ0) is 7.56. The van der Waals surface area contributed by atoms with E-state index in [4.69, 9.17) is 5.84 Å². The molecule has 7 heteroatoms. The molecule has 0 bridgehead atoms. The van der Waals surface area contributed by atoms with Gasteiger partial charge >= 0.3 is 5.69 Å². The van der Waals surface area contributed by atoms with Crippen LogP contribution in [-0.2, 0) is 0 Å². The number of nitrogens with two attached hydrogens (primary N) is 1. The van der Waals surface area contributed by atoms with Crippen molar-refractivity contribution in [3.05, 3.63) is 20.8 Å². The van der Waals surface area contributed by atoms with Crippen molar-refractivity contribution in [1.82, 2.24) is 15.2 Å². The lowest BCUT2D eigenvalue weighted by molar-refractivity contribution is 0.889. The summed E-state index contributed by atoms with van der Waals surface area (Å²) in [6.07, 6.45) is 0. The minimum absolute atomic E-state index is 0.125. The maximum Gasteiger partial charge on any atom is 0.342 e. The largest absolute Gasteiger partial charge is 0.342 e. The highest BCUT2D eigenvalue weighted by Crippen LogP contribution is 1.76. The molecule has 0 aromatic carbocycles. The van der Waals surface area contributed by atoms with Crippen LogP contribution in [0, 0.1) is 0 Å². The van der Waals surface area contributed by atoms with Gasteiger partial charge in [0.1, 0.15) is 0 Å². The van der Waals surface area contributed by atoms with Gasteiger partial charge in [-0.05, 0) is 0 Å². The Morgan fingerprint density at radius 1 is 1.50 bits per heavy atom. The van der Waals surface area contributed by atoms with E-state index in [9.17, 15) is 9.59 Å². The van der Waals surface area contributed by atoms with Crippen LogP contribution in [0.5, 0.6) is 0 Å². The van der Waals surface area contributed by atoms with E-state index in [1.807, 2.05) is 15.5 Å². The monoisotopic (exact) mass is 143 g/mol. The molecule has 0 saturated heterocycles. The summed E-state index contributed by atoms with van der Waals surface area (Å²) < 4.78 is 0. The van der Waals surface area contributed by atoms with Crippen LogP contribution in [0.1, 0.15) is 0 Å². The van der Waals surface area contributed by atoms with Gasteiger partial charge in [0.05, 0.1) is 0 Å². The highest BCUT2D eigenvalue weighted by Gasteiger charge is 1.95. The van der Waals surface area contributed by atoms with Crippen LogP contribution in [0.3, 0.4) is 0 Å². The van der Waals surface area contributed by atoms with E-state index in [0.717, 1.165) is 0 Å². The summed E-state index contributed by atoms with van der Waals surface area (Å²) in [4.78, 5) is 22.8. The minimum Gasteiger partial charge on any atom is -0.302 e. The number of hydrazine groups is 1. The molecule has 5 N–H and O–H groups in total. The van der Waals surface area contributed by atoms with Gasteiger partial charge in [-0.15, -0.1) is 5.10 Å². The number of anilines is 1. The molecule has 1 aromatic rings. The molecule has 1 aromatic heterocycles. The van der Waals surface area contributed by atoms with Crippen molar-refractivity contribution in [2.45, 2.75) is 0 Å². The number of rotatable bonds is 1. The van der Waals surface area contributed by atoms with E-state index in [2.05, 4.69) is 5.10 Å². The second-order valence-corrected chi connectivity index (χ2v) is 1.50. The first kappa shape index (κ1) is 6.49. The Bertz CT molecular complexity index is 324. The summed E-state index contributed by atoms with van der Waals surface area (Å²) in [6.45, 7) is 0. The molecule has 0 fully saturated rings. The Labute approximate surface area is 54.2 Å². The van der Waals surface area contributed by atoms with E-state index in [1.165, 1.54) is 0 Å². The molecule has 0 aliphatic rings. The molecule has 0 saturated carbocycles. The fraction of sp³-hybridized carbons (Fsp3) is 0. The predicted molar refractivity (Wildman–Crippen MR) is 33.3 cm³/mol. The molecular formula is C3H5N5O2. The lowest BCUT2D eigenvalue weighted by Gasteiger charge is -1.91. The average molecular weight is 143 g/mol. The number of nitrogen functional groups attached to an aromatic ring is 1. The van der Waals surface area contributed by atoms with Gasteiger partial charge in [-0.25, -0.2) is 15.7 Å². The predicted octanol–water partition coefficient (Wildman–Crippen LogP) is -2.26. The summed E-state index contributed by atoms with van der Waals surface area (Å²) in [6, 6.07) is 0. The summed E-state index contributed by atoms with van der Waals surface area (Å²) in [5, 5.41) is 5.27. The van der Waals surface area contributed by atoms with Crippen LogP contribution in [0.2, 0.25) is 0 Å². The van der Waals surface area contributed by atoms with Crippen LogP contribution in [-0.4, -0.2) is 15.2 Å². The molecule has 10 heavy (non-hydrogen) atoms. The van der Waals surface area contributed by atoms with Crippen LogP contribution in [0.15, 0.2) is 9.59 Å². The number of nitrogens with zero attached hydrogens (tertiary/aromatic N) is 1. The van der Waals surface area contributed by atoms with E-state index in [-0.39, 0.29) is 5.82 Å². The van der Waals surface area contributed by atoms with Gasteiger partial charge in [0, 0.05) is 0 Å². The fourth-order valence-corrected chi connectivity index (χ4v) is 0.446. The molecule has 0 aliphatic heterocycles. The molecule has 54 valence electrons. The van der Waals surface area contributed by atoms with Gasteiger partial charge in [-0.1, -0.05) is 0 Å². The summed E-state index contributed by atoms with van der Waals surface area (Å²) >= 11 is 0. The van der Waals surface area contributed by atoms with Gasteiger partial charge in [0.2, 0.25) is 5.82 Å². The molecule has 0 aliphatic carbocycles. The smallest absolute Gasteiger partial charge is 0.302 e. The van der Waals surface area contributed by atoms with Crippen LogP contribution < -0.4 is 22.5 Å². The second kappa shape index (κ2) is 2.31. The van der Waals surface area contributed by atoms with E-state index in [0.29, 0.717) is 0 Å². The van der Waals surface area contributed by atoms with Crippen molar-refractivity contribution in [2.24, 2.45) is 5.84 Å². The molecule has 0 atom stereocenters. The van der Waals surface area contributed by atoms with Crippen molar-refractivity contribution >= 4 is 5.82 Å². The Hall–Kier alpha value is -1.63. The third-order valence-corrected chi connectivity index (χ3v) is 0.848. The topological polar surface area (TPSA) is 117 Å². The van der Waals surface area contributed by atoms with Gasteiger partial charge in [-0.2, -0.15) is 0 Å². The Balaban J connectivity index is 3.34. The minimum atomic E-state index is -0.663. The van der Waals surface area contributed by atoms with Gasteiger partial charge in [0.25, 0.3) is 5.56 Å². The van der Waals surface area contributed by atoms with Crippen molar-refractivity contribution in [3.63, 3.8) is 0 Å². The molecule has 0 radical (unpaired) electrons. The molecular weight excluding hydrogens is 138 g/mol. The maximum atomic E-state index is 10.6. The first-order valence-corrected chi connectivity index (χ1v) is 2.39. The van der Waals surface area contributed by atoms with Gasteiger partial charge < -0.3 is 5.43 Å². The third-order valence-electron chi connectivity index (χ3n) is 0.848. The average Bonchev–Trinajstić information content (AvgIpc) is 1.88. The normalized spacial score (nSPS) is 9.30. The maximum absolute atomic E-state index is 10.6. The van der Waals surface area contributed by atoms with Crippen molar-refractivity contribution in [3.8, 4) is 0 Å². The molecule has 1 heterocycles. The number of nitrogens with one attached hydrogen (secondary N) is 3. The lowest BCUT2D eigenvalue weighted by Crippen LogP contribution is -2.28. The molecule has 0 amide bonds. The van der Waals surface area contributed by atoms with Gasteiger partial charge in [0.15, 0.2) is 0 Å². The number of aromatic nitrogens is 3. The lowest BCUT2D eigenvalue weighted by atomic mass is 10.7. The number of hydrogen-bond donors (Lipinski definition) is 4. The SMILES string of the molecule is NNc1n[nH]c(=O)[nH]c1=O. The number of aromatic amines is 2. The quantitative estimate of drug-likeness (QED) is 0.261. The highest BCUT2D eigenvalue weighted by atomic mass is 16.2. The Kier molecular flexibility index (Phi) is 1.50. The fourth-order valence-electron chi connectivity index (χ4n) is 0.446. The Morgan fingerprint density at radius 3 is 2.70 bits per heavy atom. The second-order valence-electron chi connectivity index (χ2n) is 1.50. The summed E-state index contributed by atoms with van der Waals surface area (Å²) in [5.74, 6) is 4.72. The van der Waals surface area contributed by atoms with Crippen molar-refractivity contribution in [1.29, 1.82) is 0 Å². The third kappa shape index (κ3) is 1.03. The standard InChI is InChI=1S/C3H5N5O2/c4-6-1-2(9)5-3(10)8-7-1/h4H2,(H,6,7)(H2,5,8,9,10). The first-order chi connectivity index (χ1) is 4.74. The van der Waals surface area contributed by atoms with Crippen molar-refractivity contribution < 1.29 is 0 Å². The summed E-state index contributed by atoms with van der Waals surface area (Å²) in [5.41, 5.74) is 0.688. The van der Waals surface area contributed by atoms with Crippen LogP contribution in [0.4, 0.5) is 5.82 Å². The van der Waals surface area contributed by atoms with E-state index >= 15 is 0 Å². The number of hydrogen-bond acceptors (Lipinski definition) is 5. The van der Waals surface area contributed by atoms with E-state index < -0.39 is 11.2 Å². The first-order valence-electron chi connectivity index (χ1n) is 2.39. The molecule has 0 unspecified atom stereocenters. The zero-order valence-electron chi connectivity index (χ0n) is 4.84. The molecule has 1 rings (SSSR count). The molecule has 0 spiro atoms.